The normalized spacial score (nSPS) is 19.5. The maximum Gasteiger partial charge on any atom is 0.338 e. The molecular weight excluding hydrogens is 276 g/mol. The molecule has 0 saturated carbocycles. The second-order valence-electron chi connectivity index (χ2n) is 5.63. The van der Waals surface area contributed by atoms with Crippen LogP contribution >= 0.6 is 0 Å². The van der Waals surface area contributed by atoms with E-state index < -0.39 is 0 Å². The molecule has 0 aromatic heterocycles. The van der Waals surface area contributed by atoms with E-state index in [4.69, 9.17) is 4.74 Å². The molecule has 0 radical (unpaired) electrons. The van der Waals surface area contributed by atoms with Crippen LogP contribution in [-0.4, -0.2) is 12.6 Å². The van der Waals surface area contributed by atoms with Crippen LogP contribution in [0.25, 0.3) is 0 Å². The summed E-state index contributed by atoms with van der Waals surface area (Å²) in [7, 11) is 0. The number of para-hydroxylation sites is 2. The molecule has 110 valence electrons. The topological polar surface area (TPSA) is 50.4 Å². The fraction of sp³-hybridized carbons (Fsp3) is 0.167. The predicted octanol–water partition coefficient (Wildman–Crippen LogP) is 3.38. The summed E-state index contributed by atoms with van der Waals surface area (Å²) in [5.41, 5.74) is 5.68. The second kappa shape index (κ2) is 4.91. The van der Waals surface area contributed by atoms with Crippen molar-refractivity contribution in [1.82, 2.24) is 0 Å². The summed E-state index contributed by atoms with van der Waals surface area (Å²) in [4.78, 5) is 12.2. The van der Waals surface area contributed by atoms with Crippen molar-refractivity contribution in [2.24, 2.45) is 0 Å². The van der Waals surface area contributed by atoms with E-state index >= 15 is 0 Å². The Labute approximate surface area is 128 Å². The molecule has 2 N–H and O–H groups in total. The van der Waals surface area contributed by atoms with Crippen LogP contribution in [0.1, 0.15) is 17.2 Å². The molecule has 2 aliphatic heterocycles. The lowest BCUT2D eigenvalue weighted by atomic mass is 9.96. The first-order valence-corrected chi connectivity index (χ1v) is 7.32. The fourth-order valence-electron chi connectivity index (χ4n) is 3.02. The summed E-state index contributed by atoms with van der Waals surface area (Å²) in [5, 5.41) is 6.82. The van der Waals surface area contributed by atoms with E-state index in [2.05, 4.69) is 29.7 Å². The quantitative estimate of drug-likeness (QED) is 0.791. The number of cyclic esters (lactones) is 1. The van der Waals surface area contributed by atoms with Crippen molar-refractivity contribution in [1.29, 1.82) is 0 Å². The molecule has 0 saturated heterocycles. The number of anilines is 2. The maximum absolute atomic E-state index is 12.2. The Morgan fingerprint density at radius 1 is 1.09 bits per heavy atom. The van der Waals surface area contributed by atoms with Crippen LogP contribution in [0.5, 0.6) is 0 Å². The minimum atomic E-state index is -0.255. The fourth-order valence-corrected chi connectivity index (χ4v) is 3.02. The third-order valence-electron chi connectivity index (χ3n) is 4.07. The Morgan fingerprint density at radius 2 is 1.91 bits per heavy atom. The van der Waals surface area contributed by atoms with Gasteiger partial charge in [-0.05, 0) is 24.6 Å². The third kappa shape index (κ3) is 2.04. The zero-order chi connectivity index (χ0) is 15.1. The first-order chi connectivity index (χ1) is 10.7. The molecule has 4 nitrogen and oxygen atoms in total. The number of ether oxygens (including phenoxy) is 1. The van der Waals surface area contributed by atoms with Crippen molar-refractivity contribution >= 4 is 17.3 Å². The highest BCUT2D eigenvalue weighted by Crippen LogP contribution is 2.39. The van der Waals surface area contributed by atoms with Gasteiger partial charge < -0.3 is 15.4 Å². The van der Waals surface area contributed by atoms with Crippen LogP contribution in [0.2, 0.25) is 0 Å². The first kappa shape index (κ1) is 13.0. The Kier molecular flexibility index (Phi) is 2.89. The highest BCUT2D eigenvalue weighted by Gasteiger charge is 2.35. The van der Waals surface area contributed by atoms with Crippen molar-refractivity contribution in [2.75, 3.05) is 17.2 Å². The van der Waals surface area contributed by atoms with Gasteiger partial charge in [-0.25, -0.2) is 4.79 Å². The molecule has 0 spiro atoms. The van der Waals surface area contributed by atoms with Crippen LogP contribution in [0, 0.1) is 6.92 Å². The van der Waals surface area contributed by atoms with Crippen molar-refractivity contribution in [3.05, 3.63) is 70.9 Å². The summed E-state index contributed by atoms with van der Waals surface area (Å²) in [6.07, 6.45) is 0. The lowest BCUT2D eigenvalue weighted by Gasteiger charge is -2.20. The molecule has 1 unspecified atom stereocenters. The molecule has 1 atom stereocenters. The second-order valence-corrected chi connectivity index (χ2v) is 5.63. The molecule has 0 aliphatic carbocycles. The van der Waals surface area contributed by atoms with Gasteiger partial charge in [0.1, 0.15) is 6.61 Å². The molecule has 4 heteroatoms. The van der Waals surface area contributed by atoms with Crippen LogP contribution in [0.15, 0.2) is 59.8 Å². The van der Waals surface area contributed by atoms with Crippen molar-refractivity contribution in [2.45, 2.75) is 13.0 Å². The van der Waals surface area contributed by atoms with Crippen molar-refractivity contribution in [3.63, 3.8) is 0 Å². The summed E-state index contributed by atoms with van der Waals surface area (Å²) in [5.74, 6) is -0.255. The number of carbonyl (C=O) groups is 1. The lowest BCUT2D eigenvalue weighted by Crippen LogP contribution is -2.17. The zero-order valence-electron chi connectivity index (χ0n) is 12.2. The Hall–Kier alpha value is -2.75. The molecule has 2 heterocycles. The van der Waals surface area contributed by atoms with Crippen LogP contribution in [0.4, 0.5) is 11.4 Å². The average molecular weight is 292 g/mol. The highest BCUT2D eigenvalue weighted by atomic mass is 16.5. The predicted molar refractivity (Wildman–Crippen MR) is 85.6 cm³/mol. The SMILES string of the molecule is Cc1cccc(C2Nc3ccccc3NC3=C2C(=O)OC3)c1. The van der Waals surface area contributed by atoms with Gasteiger partial charge in [0.2, 0.25) is 0 Å². The summed E-state index contributed by atoms with van der Waals surface area (Å²) in [6, 6.07) is 15.9. The van der Waals surface area contributed by atoms with Crippen molar-refractivity contribution in [3.8, 4) is 0 Å². The molecule has 4 rings (SSSR count). The van der Waals surface area contributed by atoms with Gasteiger partial charge in [0.15, 0.2) is 0 Å². The van der Waals surface area contributed by atoms with Crippen LogP contribution in [-0.2, 0) is 9.53 Å². The standard InChI is InChI=1S/C18H16N2O2/c1-11-5-4-6-12(9-11)17-16-15(10-22-18(16)21)19-13-7-2-3-8-14(13)20-17/h2-9,17,19-20H,10H2,1H3. The van der Waals surface area contributed by atoms with Gasteiger partial charge in [0, 0.05) is 0 Å². The number of carbonyl (C=O) groups excluding carboxylic acids is 1. The monoisotopic (exact) mass is 292 g/mol. The van der Waals surface area contributed by atoms with Gasteiger partial charge >= 0.3 is 5.97 Å². The van der Waals surface area contributed by atoms with Crippen LogP contribution in [0.3, 0.4) is 0 Å². The molecule has 2 aromatic carbocycles. The highest BCUT2D eigenvalue weighted by molar-refractivity contribution is 5.96. The Morgan fingerprint density at radius 3 is 2.73 bits per heavy atom. The number of hydrogen-bond acceptors (Lipinski definition) is 4. The van der Waals surface area contributed by atoms with E-state index in [-0.39, 0.29) is 12.0 Å². The van der Waals surface area contributed by atoms with Gasteiger partial charge in [-0.2, -0.15) is 0 Å². The average Bonchev–Trinajstić information content (AvgIpc) is 2.79. The number of esters is 1. The van der Waals surface area contributed by atoms with Gasteiger partial charge in [-0.3, -0.25) is 0 Å². The maximum atomic E-state index is 12.2. The smallest absolute Gasteiger partial charge is 0.338 e. The number of aryl methyl sites for hydroxylation is 1. The van der Waals surface area contributed by atoms with E-state index in [0.29, 0.717) is 12.2 Å². The number of hydrogen-bond donors (Lipinski definition) is 2. The molecule has 0 bridgehead atoms. The van der Waals surface area contributed by atoms with E-state index in [1.807, 2.05) is 36.4 Å². The van der Waals surface area contributed by atoms with Gasteiger partial charge in [0.25, 0.3) is 0 Å². The number of rotatable bonds is 1. The zero-order valence-corrected chi connectivity index (χ0v) is 12.2. The van der Waals surface area contributed by atoms with Gasteiger partial charge in [-0.1, -0.05) is 42.0 Å². The molecule has 22 heavy (non-hydrogen) atoms. The lowest BCUT2D eigenvalue weighted by molar-refractivity contribution is -0.136. The third-order valence-corrected chi connectivity index (χ3v) is 4.07. The Balaban J connectivity index is 1.87. The number of benzene rings is 2. The summed E-state index contributed by atoms with van der Waals surface area (Å²) >= 11 is 0. The first-order valence-electron chi connectivity index (χ1n) is 7.32. The number of nitrogens with one attached hydrogen (secondary N) is 2. The molecule has 0 amide bonds. The molecule has 0 fully saturated rings. The molecule has 2 aromatic rings. The van der Waals surface area contributed by atoms with Gasteiger partial charge in [0.05, 0.1) is 28.7 Å². The van der Waals surface area contributed by atoms with Gasteiger partial charge in [-0.15, -0.1) is 0 Å². The Bertz CT molecular complexity index is 795. The van der Waals surface area contributed by atoms with E-state index in [1.54, 1.807) is 0 Å². The van der Waals surface area contributed by atoms with Crippen LogP contribution < -0.4 is 10.6 Å². The largest absolute Gasteiger partial charge is 0.456 e. The molecule has 2 aliphatic rings. The van der Waals surface area contributed by atoms with E-state index in [9.17, 15) is 4.79 Å². The van der Waals surface area contributed by atoms with Crippen molar-refractivity contribution < 1.29 is 9.53 Å². The van der Waals surface area contributed by atoms with E-state index in [1.165, 1.54) is 5.56 Å². The summed E-state index contributed by atoms with van der Waals surface area (Å²) in [6.45, 7) is 2.35. The summed E-state index contributed by atoms with van der Waals surface area (Å²) < 4.78 is 5.24. The minimum Gasteiger partial charge on any atom is -0.456 e. The number of fused-ring (bicyclic) bond motifs is 1. The van der Waals surface area contributed by atoms with E-state index in [0.717, 1.165) is 22.6 Å². The minimum absolute atomic E-state index is 0.207. The molecular formula is C18H16N2O2.